The molecule has 6 heteroatoms. The summed E-state index contributed by atoms with van der Waals surface area (Å²) in [5.74, 6) is 0.717. The van der Waals surface area contributed by atoms with E-state index in [0.29, 0.717) is 35.3 Å². The number of hydrogen-bond acceptors (Lipinski definition) is 5. The van der Waals surface area contributed by atoms with Crippen molar-refractivity contribution in [2.45, 2.75) is 13.0 Å². The Labute approximate surface area is 132 Å². The summed E-state index contributed by atoms with van der Waals surface area (Å²) in [6.07, 6.45) is 3.89. The minimum absolute atomic E-state index is 0.109. The highest BCUT2D eigenvalue weighted by atomic mass is 35.5. The predicted octanol–water partition coefficient (Wildman–Crippen LogP) is 3.25. The summed E-state index contributed by atoms with van der Waals surface area (Å²) >= 11 is 6.20. The lowest BCUT2D eigenvalue weighted by molar-refractivity contribution is 0.0472. The van der Waals surface area contributed by atoms with Crippen LogP contribution in [0.3, 0.4) is 0 Å². The van der Waals surface area contributed by atoms with Gasteiger partial charge in [-0.15, -0.1) is 0 Å². The van der Waals surface area contributed by atoms with Crippen LogP contribution in [-0.4, -0.2) is 24.2 Å². The molecule has 3 rings (SSSR count). The first-order valence-corrected chi connectivity index (χ1v) is 7.27. The van der Waals surface area contributed by atoms with Crippen LogP contribution in [-0.2, 0) is 11.3 Å². The van der Waals surface area contributed by atoms with Crippen LogP contribution in [0, 0.1) is 0 Å². The minimum atomic E-state index is -0.411. The van der Waals surface area contributed by atoms with Crippen LogP contribution in [0.1, 0.15) is 22.3 Å². The van der Waals surface area contributed by atoms with E-state index >= 15 is 0 Å². The van der Waals surface area contributed by atoms with Crippen molar-refractivity contribution < 1.29 is 19.0 Å². The van der Waals surface area contributed by atoms with Crippen molar-refractivity contribution in [3.63, 3.8) is 0 Å². The van der Waals surface area contributed by atoms with E-state index in [1.54, 1.807) is 36.7 Å². The van der Waals surface area contributed by atoms with Gasteiger partial charge in [0.2, 0.25) is 0 Å². The van der Waals surface area contributed by atoms with Gasteiger partial charge in [-0.1, -0.05) is 11.6 Å². The standard InChI is InChI=1S/C16H14ClNO4/c17-13-8-11(9-14-15(13)21-7-1-6-20-14)10-22-16(19)12-2-4-18-5-3-12/h2-5,8-9H,1,6-7,10H2. The molecule has 22 heavy (non-hydrogen) atoms. The Morgan fingerprint density at radius 1 is 1.23 bits per heavy atom. The fourth-order valence-electron chi connectivity index (χ4n) is 2.09. The van der Waals surface area contributed by atoms with Crippen molar-refractivity contribution in [1.82, 2.24) is 4.98 Å². The Balaban J connectivity index is 1.72. The number of hydrogen-bond donors (Lipinski definition) is 0. The van der Waals surface area contributed by atoms with Crippen LogP contribution in [0.2, 0.25) is 5.02 Å². The molecule has 1 aromatic heterocycles. The summed E-state index contributed by atoms with van der Waals surface area (Å²) in [5.41, 5.74) is 1.20. The monoisotopic (exact) mass is 319 g/mol. The first kappa shape index (κ1) is 14.7. The summed E-state index contributed by atoms with van der Waals surface area (Å²) in [7, 11) is 0. The molecule has 0 saturated carbocycles. The number of fused-ring (bicyclic) bond motifs is 1. The van der Waals surface area contributed by atoms with Crippen LogP contribution in [0.4, 0.5) is 0 Å². The molecule has 0 N–H and O–H groups in total. The number of aromatic nitrogens is 1. The second kappa shape index (κ2) is 6.66. The van der Waals surface area contributed by atoms with E-state index in [0.717, 1.165) is 12.0 Å². The summed E-state index contributed by atoms with van der Waals surface area (Å²) in [4.78, 5) is 15.8. The third-order valence-corrected chi connectivity index (χ3v) is 3.43. The number of carbonyl (C=O) groups excluding carboxylic acids is 1. The molecular weight excluding hydrogens is 306 g/mol. The fourth-order valence-corrected chi connectivity index (χ4v) is 2.38. The lowest BCUT2D eigenvalue weighted by Gasteiger charge is -2.12. The molecule has 0 aliphatic carbocycles. The number of pyridine rings is 1. The average molecular weight is 320 g/mol. The van der Waals surface area contributed by atoms with Crippen molar-refractivity contribution in [3.8, 4) is 11.5 Å². The zero-order valence-electron chi connectivity index (χ0n) is 11.8. The zero-order valence-corrected chi connectivity index (χ0v) is 12.5. The Hall–Kier alpha value is -2.27. The highest BCUT2D eigenvalue weighted by molar-refractivity contribution is 6.32. The maximum Gasteiger partial charge on any atom is 0.338 e. The number of esters is 1. The fraction of sp³-hybridized carbons (Fsp3) is 0.250. The van der Waals surface area contributed by atoms with Gasteiger partial charge in [-0.05, 0) is 29.8 Å². The number of carbonyl (C=O) groups is 1. The summed E-state index contributed by atoms with van der Waals surface area (Å²) in [5, 5.41) is 0.453. The van der Waals surface area contributed by atoms with Crippen LogP contribution < -0.4 is 9.47 Å². The molecule has 2 heterocycles. The molecule has 0 fully saturated rings. The van der Waals surface area contributed by atoms with Gasteiger partial charge in [0.25, 0.3) is 0 Å². The van der Waals surface area contributed by atoms with Gasteiger partial charge in [-0.3, -0.25) is 4.98 Å². The third-order valence-electron chi connectivity index (χ3n) is 3.15. The van der Waals surface area contributed by atoms with Gasteiger partial charge in [0.05, 0.1) is 23.8 Å². The first-order valence-electron chi connectivity index (χ1n) is 6.89. The molecule has 2 aromatic rings. The number of rotatable bonds is 3. The molecule has 0 atom stereocenters. The SMILES string of the molecule is O=C(OCc1cc(Cl)c2c(c1)OCCCO2)c1ccncc1. The Bertz CT molecular complexity index is 675. The third kappa shape index (κ3) is 3.31. The quantitative estimate of drug-likeness (QED) is 0.813. The van der Waals surface area contributed by atoms with Crippen LogP contribution in [0.25, 0.3) is 0 Å². The molecule has 0 unspecified atom stereocenters. The topological polar surface area (TPSA) is 57.7 Å². The van der Waals surface area contributed by atoms with Gasteiger partial charge in [-0.25, -0.2) is 4.79 Å². The molecule has 5 nitrogen and oxygen atoms in total. The molecule has 1 aliphatic rings. The van der Waals surface area contributed by atoms with Crippen LogP contribution in [0.15, 0.2) is 36.7 Å². The van der Waals surface area contributed by atoms with Gasteiger partial charge in [0, 0.05) is 18.8 Å². The molecule has 0 spiro atoms. The lowest BCUT2D eigenvalue weighted by Crippen LogP contribution is -2.05. The van der Waals surface area contributed by atoms with Gasteiger partial charge >= 0.3 is 5.97 Å². The lowest BCUT2D eigenvalue weighted by atomic mass is 10.2. The van der Waals surface area contributed by atoms with E-state index in [2.05, 4.69) is 4.98 Å². The van der Waals surface area contributed by atoms with Gasteiger partial charge in [0.1, 0.15) is 6.61 Å². The minimum Gasteiger partial charge on any atom is -0.489 e. The Morgan fingerprint density at radius 2 is 2.00 bits per heavy atom. The summed E-state index contributed by atoms with van der Waals surface area (Å²) < 4.78 is 16.4. The van der Waals surface area contributed by atoms with Crippen molar-refractivity contribution in [3.05, 3.63) is 52.8 Å². The van der Waals surface area contributed by atoms with Crippen molar-refractivity contribution in [1.29, 1.82) is 0 Å². The van der Waals surface area contributed by atoms with Crippen LogP contribution in [0.5, 0.6) is 11.5 Å². The normalized spacial score (nSPS) is 13.3. The Kier molecular flexibility index (Phi) is 4.44. The first-order chi connectivity index (χ1) is 10.7. The molecule has 0 bridgehead atoms. The van der Waals surface area contributed by atoms with E-state index in [9.17, 15) is 4.79 Å². The van der Waals surface area contributed by atoms with Gasteiger partial charge < -0.3 is 14.2 Å². The second-order valence-electron chi connectivity index (χ2n) is 4.77. The summed E-state index contributed by atoms with van der Waals surface area (Å²) in [6.45, 7) is 1.25. The highest BCUT2D eigenvalue weighted by Crippen LogP contribution is 2.38. The largest absolute Gasteiger partial charge is 0.489 e. The average Bonchev–Trinajstić information content (AvgIpc) is 2.79. The molecule has 1 aromatic carbocycles. The van der Waals surface area contributed by atoms with Crippen molar-refractivity contribution in [2.75, 3.05) is 13.2 Å². The number of nitrogens with zero attached hydrogens (tertiary/aromatic N) is 1. The van der Waals surface area contributed by atoms with E-state index in [1.165, 1.54) is 0 Å². The van der Waals surface area contributed by atoms with E-state index in [4.69, 9.17) is 25.8 Å². The van der Waals surface area contributed by atoms with E-state index in [1.807, 2.05) is 0 Å². The van der Waals surface area contributed by atoms with Gasteiger partial charge in [-0.2, -0.15) is 0 Å². The predicted molar refractivity (Wildman–Crippen MR) is 80.4 cm³/mol. The molecule has 1 aliphatic heterocycles. The van der Waals surface area contributed by atoms with Gasteiger partial charge in [0.15, 0.2) is 11.5 Å². The highest BCUT2D eigenvalue weighted by Gasteiger charge is 2.16. The van der Waals surface area contributed by atoms with Crippen LogP contribution >= 0.6 is 11.6 Å². The molecule has 0 saturated heterocycles. The van der Waals surface area contributed by atoms with E-state index < -0.39 is 5.97 Å². The number of halogens is 1. The maximum atomic E-state index is 11.9. The van der Waals surface area contributed by atoms with Crippen molar-refractivity contribution >= 4 is 17.6 Å². The number of ether oxygens (including phenoxy) is 3. The number of benzene rings is 1. The maximum absolute atomic E-state index is 11.9. The zero-order chi connectivity index (χ0) is 15.4. The van der Waals surface area contributed by atoms with Crippen molar-refractivity contribution in [2.24, 2.45) is 0 Å². The summed E-state index contributed by atoms with van der Waals surface area (Å²) in [6, 6.07) is 6.70. The van der Waals surface area contributed by atoms with E-state index in [-0.39, 0.29) is 6.61 Å². The molecular formula is C16H14ClNO4. The Morgan fingerprint density at radius 3 is 2.82 bits per heavy atom. The molecule has 0 radical (unpaired) electrons. The molecule has 0 amide bonds. The second-order valence-corrected chi connectivity index (χ2v) is 5.17. The molecule has 114 valence electrons. The smallest absolute Gasteiger partial charge is 0.338 e.